The Morgan fingerprint density at radius 3 is 0.789 bits per heavy atom. The molecule has 0 bridgehead atoms. The zero-order valence-corrected chi connectivity index (χ0v) is 71.3. The molecule has 0 aliphatic rings. The van der Waals surface area contributed by atoms with Crippen LogP contribution in [0.25, 0.3) is 0 Å². The number of unbranched alkanes of at least 4 members (excludes halogenated alkanes) is 43. The van der Waals surface area contributed by atoms with E-state index in [1.807, 2.05) is 0 Å². The fraction of sp³-hybridized carbons (Fsp3) is 0.769. The van der Waals surface area contributed by atoms with Crippen molar-refractivity contribution in [3.05, 3.63) is 109 Å². The Morgan fingerprint density at radius 1 is 0.266 bits per heavy atom. The molecule has 0 aromatic rings. The molecule has 0 aliphatic carbocycles. The lowest BCUT2D eigenvalue weighted by Gasteiger charge is -2.21. The molecule has 4 N–H and O–H groups in total. The van der Waals surface area contributed by atoms with Gasteiger partial charge in [0, 0.05) is 19.3 Å². The van der Waals surface area contributed by atoms with Crippen LogP contribution in [0.4, 0.5) is 0 Å². The van der Waals surface area contributed by atoms with Crippen LogP contribution in [-0.2, 0) is 55.8 Å². The summed E-state index contributed by atoms with van der Waals surface area (Å²) in [5.41, 5.74) is 0. The van der Waals surface area contributed by atoms with Gasteiger partial charge in [-0.1, -0.05) is 374 Å². The van der Waals surface area contributed by atoms with Crippen LogP contribution in [0, 0.1) is 0 Å². The number of phosphoric acid groups is 2. The monoisotopic (exact) mass is 1570 g/mol. The first kappa shape index (κ1) is 105. The van der Waals surface area contributed by atoms with E-state index in [4.69, 9.17) is 32.3 Å². The Morgan fingerprint density at radius 2 is 0.486 bits per heavy atom. The number of rotatable bonds is 84. The highest BCUT2D eigenvalue weighted by Crippen LogP contribution is 2.45. The average Bonchev–Trinajstić information content (AvgIpc) is 0.905. The summed E-state index contributed by atoms with van der Waals surface area (Å²) in [5.74, 6) is -1.56. The van der Waals surface area contributed by atoms with Crippen molar-refractivity contribution in [3.63, 3.8) is 0 Å². The van der Waals surface area contributed by atoms with Crippen LogP contribution >= 0.6 is 15.6 Å². The van der Waals surface area contributed by atoms with Gasteiger partial charge in [-0.3, -0.25) is 32.5 Å². The highest BCUT2D eigenvalue weighted by atomic mass is 31.2. The van der Waals surface area contributed by atoms with E-state index in [1.54, 1.807) is 0 Å². The summed E-state index contributed by atoms with van der Waals surface area (Å²) in [6.07, 6.45) is 100. The molecule has 632 valence electrons. The lowest BCUT2D eigenvalue weighted by Crippen LogP contribution is -2.30. The summed E-state index contributed by atoms with van der Waals surface area (Å²) in [4.78, 5) is 58.8. The summed E-state index contributed by atoms with van der Waals surface area (Å²) in [6, 6.07) is 0. The molecule has 0 saturated carbocycles. The van der Waals surface area contributed by atoms with Gasteiger partial charge in [-0.15, -0.1) is 0 Å². The van der Waals surface area contributed by atoms with Crippen molar-refractivity contribution in [3.8, 4) is 0 Å². The highest BCUT2D eigenvalue weighted by molar-refractivity contribution is 7.47. The first-order valence-corrected chi connectivity index (χ1v) is 47.2. The van der Waals surface area contributed by atoms with Crippen molar-refractivity contribution in [1.29, 1.82) is 0 Å². The second-order valence-electron chi connectivity index (χ2n) is 29.7. The molecule has 0 spiro atoms. The Kier molecular flexibility index (Phi) is 80.7. The predicted molar refractivity (Wildman–Crippen MR) is 454 cm³/mol. The van der Waals surface area contributed by atoms with E-state index in [1.165, 1.54) is 205 Å². The number of hydrogen-bond donors (Lipinski definition) is 4. The fourth-order valence-electron chi connectivity index (χ4n) is 12.3. The Hall–Kier alpha value is -3.79. The molecule has 0 radical (unpaired) electrons. The second kappa shape index (κ2) is 83.6. The minimum Gasteiger partial charge on any atom is -0.463 e. The van der Waals surface area contributed by atoms with Gasteiger partial charge >= 0.3 is 33.6 Å². The Labute approximate surface area is 666 Å². The number of aliphatic hydroxyl groups excluding tert-OH is 2. The molecule has 0 saturated heterocycles. The highest BCUT2D eigenvalue weighted by Gasteiger charge is 2.29. The number of carbonyl (C=O) groups excluding carboxylic acids is 3. The molecule has 0 fully saturated rings. The number of carbonyl (C=O) groups is 3. The number of aliphatic hydroxyl groups is 2. The maximum absolute atomic E-state index is 13.0. The molecule has 0 amide bonds. The minimum absolute atomic E-state index is 0.107. The Bertz CT molecular complexity index is 2420. The van der Waals surface area contributed by atoms with Gasteiger partial charge in [-0.25, -0.2) is 9.13 Å². The number of hydrogen-bond acceptors (Lipinski definition) is 14. The van der Waals surface area contributed by atoms with E-state index >= 15 is 0 Å². The summed E-state index contributed by atoms with van der Waals surface area (Å²) in [5, 5.41) is 20.7. The first-order valence-electron chi connectivity index (χ1n) is 44.2. The third-order valence-corrected chi connectivity index (χ3v) is 20.9. The number of allylic oxidation sites excluding steroid dienone is 18. The van der Waals surface area contributed by atoms with E-state index in [0.717, 1.165) is 128 Å². The van der Waals surface area contributed by atoms with Gasteiger partial charge in [-0.2, -0.15) is 0 Å². The lowest BCUT2D eigenvalue weighted by atomic mass is 10.0. The third-order valence-electron chi connectivity index (χ3n) is 19.0. The van der Waals surface area contributed by atoms with Crippen LogP contribution in [0.2, 0.25) is 0 Å². The first-order chi connectivity index (χ1) is 53.2. The van der Waals surface area contributed by atoms with Crippen LogP contribution in [0.15, 0.2) is 109 Å². The van der Waals surface area contributed by atoms with Gasteiger partial charge in [0.2, 0.25) is 0 Å². The number of ether oxygens (including phenoxy) is 3. The summed E-state index contributed by atoms with van der Waals surface area (Å²) in [7, 11) is -9.78. The van der Waals surface area contributed by atoms with Crippen molar-refractivity contribution < 1.29 is 75.8 Å². The van der Waals surface area contributed by atoms with E-state index in [9.17, 15) is 43.5 Å². The number of esters is 3. The van der Waals surface area contributed by atoms with Crippen LogP contribution in [0.3, 0.4) is 0 Å². The van der Waals surface area contributed by atoms with Crippen molar-refractivity contribution in [1.82, 2.24) is 0 Å². The molecular weight excluding hydrogens is 1410 g/mol. The quantitative estimate of drug-likeness (QED) is 0.0146. The van der Waals surface area contributed by atoms with Gasteiger partial charge in [0.25, 0.3) is 0 Å². The van der Waals surface area contributed by atoms with Gasteiger partial charge in [0.15, 0.2) is 6.10 Å². The van der Waals surface area contributed by atoms with Crippen LogP contribution in [-0.4, -0.2) is 95.9 Å². The van der Waals surface area contributed by atoms with Gasteiger partial charge in [0.1, 0.15) is 25.4 Å². The largest absolute Gasteiger partial charge is 0.472 e. The van der Waals surface area contributed by atoms with Crippen molar-refractivity contribution >= 4 is 33.6 Å². The molecule has 0 rings (SSSR count). The van der Waals surface area contributed by atoms with E-state index in [2.05, 4.69) is 130 Å². The van der Waals surface area contributed by atoms with Gasteiger partial charge < -0.3 is 34.2 Å². The van der Waals surface area contributed by atoms with E-state index in [-0.39, 0.29) is 19.3 Å². The zero-order chi connectivity index (χ0) is 79.4. The predicted octanol–water partition coefficient (Wildman–Crippen LogP) is 26.7. The van der Waals surface area contributed by atoms with Crippen molar-refractivity contribution in [2.24, 2.45) is 0 Å². The van der Waals surface area contributed by atoms with Crippen LogP contribution < -0.4 is 0 Å². The molecule has 0 heterocycles. The topological polar surface area (TPSA) is 231 Å². The SMILES string of the molecule is CC/C=C\C/C=C\C/C=C\C/C=C\C/C=C\CCCCCCCCCCCCCCCCCCCCCC(=O)OCC(O)COP(=O)(O)OCC(O)COP(=O)(O)OCC(COC(=O)CCCCCCCCCCC/C=C\C/C=C\C/C=C\C/C=C\CCCCC)OC(=O)CCCCCCCCCCCCCCC. The third kappa shape index (κ3) is 84.9. The molecule has 16 nitrogen and oxygen atoms in total. The molecule has 5 atom stereocenters. The maximum Gasteiger partial charge on any atom is 0.472 e. The molecule has 18 heteroatoms. The molecule has 0 aromatic carbocycles. The lowest BCUT2D eigenvalue weighted by molar-refractivity contribution is -0.161. The standard InChI is InChI=1S/C91H162O16P2/c1-4-7-10-13-16-19-22-25-27-29-31-33-35-37-38-39-40-41-42-43-44-45-46-48-50-51-53-55-57-60-62-65-68-71-74-77-89(94)101-80-86(92)81-103-108(97,98)104-82-87(93)83-105-109(99,100)106-85-88(107-91(96)79-76-73-70-67-64-59-24-21-18-15-12-9-6-3)84-102-90(95)78-75-72-69-66-63-61-58-56-54-52-49-47-36-34-32-30-28-26-23-20-17-14-11-8-5-2/h7,10,16-17,19-20,25-28,31-34,37-38,47,49,86-88,92-93H,4-6,8-9,11-15,18,21-24,29-30,35-36,39-46,48,50-85H2,1-3H3,(H,97,98)(H,99,100)/b10-7-,19-16-,20-17-,27-25-,28-26-,33-31-,34-32-,38-37-,49-47-. The Balaban J connectivity index is 4.37. The zero-order valence-electron chi connectivity index (χ0n) is 69.5. The van der Waals surface area contributed by atoms with Gasteiger partial charge in [0.05, 0.1) is 26.4 Å². The van der Waals surface area contributed by atoms with Crippen LogP contribution in [0.5, 0.6) is 0 Å². The molecule has 0 aliphatic heterocycles. The van der Waals surface area contributed by atoms with Crippen molar-refractivity contribution in [2.75, 3.05) is 39.6 Å². The molecule has 5 unspecified atom stereocenters. The fourth-order valence-corrected chi connectivity index (χ4v) is 13.9. The summed E-state index contributed by atoms with van der Waals surface area (Å²) >= 11 is 0. The number of phosphoric ester groups is 2. The minimum atomic E-state index is -4.93. The van der Waals surface area contributed by atoms with E-state index in [0.29, 0.717) is 19.3 Å². The smallest absolute Gasteiger partial charge is 0.463 e. The molecule has 0 aromatic heterocycles. The van der Waals surface area contributed by atoms with Crippen molar-refractivity contribution in [2.45, 2.75) is 411 Å². The maximum atomic E-state index is 13.0. The molecular formula is C91H162O16P2. The van der Waals surface area contributed by atoms with Crippen LogP contribution in [0.1, 0.15) is 393 Å². The summed E-state index contributed by atoms with van der Waals surface area (Å²) in [6.45, 7) is 2.60. The normalized spacial score (nSPS) is 14.4. The average molecular weight is 1570 g/mol. The second-order valence-corrected chi connectivity index (χ2v) is 32.6. The molecule has 109 heavy (non-hydrogen) atoms. The van der Waals surface area contributed by atoms with Gasteiger partial charge in [-0.05, 0) is 109 Å². The van der Waals surface area contributed by atoms with E-state index < -0.39 is 91.5 Å². The summed E-state index contributed by atoms with van der Waals surface area (Å²) < 4.78 is 61.3.